The predicted molar refractivity (Wildman–Crippen MR) is 105 cm³/mol. The molecule has 0 saturated heterocycles. The molecular weight excluding hydrogens is 411 g/mol. The monoisotopic (exact) mass is 425 g/mol. The van der Waals surface area contributed by atoms with Crippen LogP contribution >= 0.6 is 22.9 Å². The first kappa shape index (κ1) is 20.2. The summed E-state index contributed by atoms with van der Waals surface area (Å²) in [6.07, 6.45) is -2.72. The summed E-state index contributed by atoms with van der Waals surface area (Å²) in [6.45, 7) is 0.0678. The third-order valence-electron chi connectivity index (χ3n) is 3.76. The van der Waals surface area contributed by atoms with Gasteiger partial charge in [0.2, 0.25) is 5.91 Å². The number of carbonyl (C=O) groups excluding carboxylic acids is 1. The first-order valence-electron chi connectivity index (χ1n) is 8.20. The molecule has 0 bridgehead atoms. The summed E-state index contributed by atoms with van der Waals surface area (Å²) in [5.41, 5.74) is 0.414. The molecule has 3 aromatic rings. The Morgan fingerprint density at radius 3 is 2.61 bits per heavy atom. The minimum atomic E-state index is -4.43. The topological polar surface area (TPSA) is 54.0 Å². The fourth-order valence-corrected chi connectivity index (χ4v) is 3.46. The first-order chi connectivity index (χ1) is 13.3. The van der Waals surface area contributed by atoms with Gasteiger partial charge in [0.25, 0.3) is 0 Å². The molecule has 9 heteroatoms. The lowest BCUT2D eigenvalue weighted by molar-refractivity contribution is -0.137. The van der Waals surface area contributed by atoms with Crippen molar-refractivity contribution in [3.8, 4) is 0 Å². The average Bonchev–Trinajstić information content (AvgIpc) is 3.08. The van der Waals surface area contributed by atoms with Gasteiger partial charge in [0.15, 0.2) is 5.13 Å². The Bertz CT molecular complexity index is 961. The second kappa shape index (κ2) is 8.62. The molecule has 0 radical (unpaired) electrons. The summed E-state index contributed by atoms with van der Waals surface area (Å²) in [5, 5.41) is 6.26. The zero-order valence-corrected chi connectivity index (χ0v) is 16.0. The highest BCUT2D eigenvalue weighted by Gasteiger charge is 2.30. The predicted octanol–water partition coefficient (Wildman–Crippen LogP) is 5.46. The van der Waals surface area contributed by atoms with E-state index in [0.717, 1.165) is 17.8 Å². The van der Waals surface area contributed by atoms with Gasteiger partial charge < -0.3 is 10.6 Å². The van der Waals surface area contributed by atoms with Gasteiger partial charge in [-0.05, 0) is 35.9 Å². The molecule has 0 saturated carbocycles. The average molecular weight is 426 g/mol. The molecule has 0 aliphatic heterocycles. The SMILES string of the molecule is O=C(CNc1ccccc1)Nc1ncc(Cc2cc(C(F)(F)F)ccc2Cl)s1. The van der Waals surface area contributed by atoms with Gasteiger partial charge in [0, 0.05) is 28.2 Å². The highest BCUT2D eigenvalue weighted by molar-refractivity contribution is 7.15. The van der Waals surface area contributed by atoms with E-state index >= 15 is 0 Å². The minimum Gasteiger partial charge on any atom is -0.376 e. The molecule has 0 spiro atoms. The Kier molecular flexibility index (Phi) is 6.21. The van der Waals surface area contributed by atoms with Crippen LogP contribution in [-0.4, -0.2) is 17.4 Å². The Morgan fingerprint density at radius 2 is 1.89 bits per heavy atom. The van der Waals surface area contributed by atoms with Gasteiger partial charge in [0.1, 0.15) is 0 Å². The molecule has 2 N–H and O–H groups in total. The largest absolute Gasteiger partial charge is 0.416 e. The van der Waals surface area contributed by atoms with Gasteiger partial charge in [-0.25, -0.2) is 4.98 Å². The highest BCUT2D eigenvalue weighted by Crippen LogP contribution is 2.33. The number of benzene rings is 2. The Labute approximate surface area is 168 Å². The van der Waals surface area contributed by atoms with Crippen molar-refractivity contribution in [3.05, 3.63) is 75.8 Å². The number of alkyl halides is 3. The molecule has 146 valence electrons. The maximum absolute atomic E-state index is 12.9. The van der Waals surface area contributed by atoms with Gasteiger partial charge >= 0.3 is 6.18 Å². The molecule has 4 nitrogen and oxygen atoms in total. The number of carbonyl (C=O) groups is 1. The molecule has 0 aliphatic rings. The highest BCUT2D eigenvalue weighted by atomic mass is 35.5. The van der Waals surface area contributed by atoms with Crippen LogP contribution in [0.15, 0.2) is 54.7 Å². The molecule has 1 amide bonds. The van der Waals surface area contributed by atoms with Crippen LogP contribution in [0.1, 0.15) is 16.0 Å². The molecule has 0 atom stereocenters. The van der Waals surface area contributed by atoms with Crippen LogP contribution in [0.2, 0.25) is 5.02 Å². The van der Waals surface area contributed by atoms with E-state index in [1.807, 2.05) is 30.3 Å². The standard InChI is InChI=1S/C19H15ClF3N3OS/c20-16-7-6-13(19(21,22)23)8-12(16)9-15-10-25-18(28-15)26-17(27)11-24-14-4-2-1-3-5-14/h1-8,10,24H,9,11H2,(H,25,26,27). The lowest BCUT2D eigenvalue weighted by Gasteiger charge is -2.09. The van der Waals surface area contributed by atoms with Crippen LogP contribution in [0.5, 0.6) is 0 Å². The van der Waals surface area contributed by atoms with Crippen LogP contribution in [-0.2, 0) is 17.4 Å². The van der Waals surface area contributed by atoms with Gasteiger partial charge in [-0.1, -0.05) is 29.8 Å². The van der Waals surface area contributed by atoms with Crippen LogP contribution in [0, 0.1) is 0 Å². The number of thiazole rings is 1. The maximum atomic E-state index is 12.9. The molecule has 0 unspecified atom stereocenters. The molecular formula is C19H15ClF3N3OS. The Balaban J connectivity index is 1.60. The first-order valence-corrected chi connectivity index (χ1v) is 9.40. The number of halogens is 4. The summed E-state index contributed by atoms with van der Waals surface area (Å²) < 4.78 is 38.6. The lowest BCUT2D eigenvalue weighted by Crippen LogP contribution is -2.21. The van der Waals surface area contributed by atoms with Crippen molar-refractivity contribution in [2.45, 2.75) is 12.6 Å². The fourth-order valence-electron chi connectivity index (χ4n) is 2.42. The van der Waals surface area contributed by atoms with Crippen molar-refractivity contribution in [2.24, 2.45) is 0 Å². The quantitative estimate of drug-likeness (QED) is 0.551. The van der Waals surface area contributed by atoms with Crippen LogP contribution in [0.3, 0.4) is 0 Å². The molecule has 28 heavy (non-hydrogen) atoms. The Hall–Kier alpha value is -2.58. The lowest BCUT2D eigenvalue weighted by atomic mass is 10.1. The molecule has 0 fully saturated rings. The van der Waals surface area contributed by atoms with Crippen molar-refractivity contribution in [3.63, 3.8) is 0 Å². The second-order valence-corrected chi connectivity index (χ2v) is 7.40. The van der Waals surface area contributed by atoms with Crippen LogP contribution in [0.25, 0.3) is 0 Å². The van der Waals surface area contributed by atoms with Gasteiger partial charge in [-0.15, -0.1) is 11.3 Å². The maximum Gasteiger partial charge on any atom is 0.416 e. The van der Waals surface area contributed by atoms with Crippen LogP contribution in [0.4, 0.5) is 24.0 Å². The number of rotatable bonds is 6. The number of nitrogens with zero attached hydrogens (tertiary/aromatic N) is 1. The van der Waals surface area contributed by atoms with E-state index in [4.69, 9.17) is 11.6 Å². The van der Waals surface area contributed by atoms with E-state index in [1.165, 1.54) is 23.6 Å². The van der Waals surface area contributed by atoms with Crippen molar-refractivity contribution < 1.29 is 18.0 Å². The second-order valence-electron chi connectivity index (χ2n) is 5.88. The number of hydrogen-bond donors (Lipinski definition) is 2. The van der Waals surface area contributed by atoms with E-state index < -0.39 is 11.7 Å². The number of nitrogens with one attached hydrogen (secondary N) is 2. The number of anilines is 2. The Morgan fingerprint density at radius 1 is 1.14 bits per heavy atom. The van der Waals surface area contributed by atoms with Crippen LogP contribution < -0.4 is 10.6 Å². The molecule has 0 aliphatic carbocycles. The third kappa shape index (κ3) is 5.46. The summed E-state index contributed by atoms with van der Waals surface area (Å²) >= 11 is 7.21. The summed E-state index contributed by atoms with van der Waals surface area (Å²) in [5.74, 6) is -0.276. The third-order valence-corrected chi connectivity index (χ3v) is 5.05. The van der Waals surface area contributed by atoms with Gasteiger partial charge in [-0.2, -0.15) is 13.2 Å². The number of aromatic nitrogens is 1. The minimum absolute atomic E-state index is 0.0678. The summed E-state index contributed by atoms with van der Waals surface area (Å²) in [7, 11) is 0. The zero-order chi connectivity index (χ0) is 20.1. The van der Waals surface area contributed by atoms with E-state index in [0.29, 0.717) is 15.6 Å². The van der Waals surface area contributed by atoms with Crippen molar-refractivity contribution in [1.29, 1.82) is 0 Å². The number of hydrogen-bond acceptors (Lipinski definition) is 4. The summed E-state index contributed by atoms with van der Waals surface area (Å²) in [4.78, 5) is 16.8. The molecule has 1 aromatic heterocycles. The van der Waals surface area contributed by atoms with Gasteiger partial charge in [0.05, 0.1) is 12.1 Å². The fraction of sp³-hybridized carbons (Fsp3) is 0.158. The smallest absolute Gasteiger partial charge is 0.376 e. The zero-order valence-electron chi connectivity index (χ0n) is 14.4. The van der Waals surface area contributed by atoms with Gasteiger partial charge in [-0.3, -0.25) is 4.79 Å². The number of para-hydroxylation sites is 1. The molecule has 3 rings (SSSR count). The van der Waals surface area contributed by atoms with E-state index in [2.05, 4.69) is 15.6 Å². The van der Waals surface area contributed by atoms with E-state index in [1.54, 1.807) is 0 Å². The van der Waals surface area contributed by atoms with E-state index in [-0.39, 0.29) is 23.9 Å². The number of amides is 1. The molecule has 2 aromatic carbocycles. The van der Waals surface area contributed by atoms with Crippen molar-refractivity contribution >= 4 is 39.7 Å². The molecule has 1 heterocycles. The van der Waals surface area contributed by atoms with Crippen molar-refractivity contribution in [2.75, 3.05) is 17.2 Å². The van der Waals surface area contributed by atoms with Crippen molar-refractivity contribution in [1.82, 2.24) is 4.98 Å². The van der Waals surface area contributed by atoms with E-state index in [9.17, 15) is 18.0 Å². The normalized spacial score (nSPS) is 11.3. The summed E-state index contributed by atoms with van der Waals surface area (Å²) in [6, 6.07) is 12.5.